The van der Waals surface area contributed by atoms with E-state index in [1.165, 1.54) is 62.5 Å². The van der Waals surface area contributed by atoms with E-state index in [2.05, 4.69) is 24.1 Å². The van der Waals surface area contributed by atoms with Gasteiger partial charge in [-0.25, -0.2) is 0 Å². The predicted octanol–water partition coefficient (Wildman–Crippen LogP) is 3.11. The van der Waals surface area contributed by atoms with Gasteiger partial charge in [0, 0.05) is 17.8 Å². The monoisotopic (exact) mass is 295 g/mol. The van der Waals surface area contributed by atoms with E-state index in [4.69, 9.17) is 4.99 Å². The Hall–Kier alpha value is -0.220. The van der Waals surface area contributed by atoms with Crippen molar-refractivity contribution < 1.29 is 0 Å². The minimum absolute atomic E-state index is 0.375. The molecule has 0 aromatic rings. The summed E-state index contributed by atoms with van der Waals surface area (Å²) in [6, 6.07) is 0.523. The molecule has 3 fully saturated rings. The summed E-state index contributed by atoms with van der Waals surface area (Å²) >= 11 is 1.97. The average molecular weight is 295 g/mol. The van der Waals surface area contributed by atoms with Gasteiger partial charge in [0.25, 0.3) is 0 Å². The molecule has 2 aliphatic heterocycles. The van der Waals surface area contributed by atoms with Crippen LogP contribution < -0.4 is 5.32 Å². The number of aliphatic imine (C=N–C) groups is 1. The molecule has 1 spiro atoms. The first-order valence-corrected chi connectivity index (χ1v) is 9.39. The normalized spacial score (nSPS) is 41.2. The molecule has 4 heteroatoms. The van der Waals surface area contributed by atoms with E-state index >= 15 is 0 Å². The van der Waals surface area contributed by atoms with E-state index in [1.54, 1.807) is 0 Å². The minimum Gasteiger partial charge on any atom is -0.359 e. The summed E-state index contributed by atoms with van der Waals surface area (Å²) in [5.74, 6) is 2.11. The van der Waals surface area contributed by atoms with E-state index in [9.17, 15) is 0 Å². The van der Waals surface area contributed by atoms with Crippen molar-refractivity contribution >= 4 is 16.9 Å². The lowest BCUT2D eigenvalue weighted by Crippen LogP contribution is -2.47. The second kappa shape index (κ2) is 6.27. The molecule has 2 saturated heterocycles. The van der Waals surface area contributed by atoms with Crippen LogP contribution in [0.1, 0.15) is 52.4 Å². The molecule has 3 aliphatic rings. The van der Waals surface area contributed by atoms with E-state index in [-0.39, 0.29) is 0 Å². The molecule has 0 radical (unpaired) electrons. The molecule has 1 saturated carbocycles. The highest BCUT2D eigenvalue weighted by Gasteiger charge is 2.40. The van der Waals surface area contributed by atoms with Gasteiger partial charge in [-0.05, 0) is 44.7 Å². The van der Waals surface area contributed by atoms with Crippen LogP contribution in [0, 0.1) is 5.92 Å². The molecule has 3 unspecified atom stereocenters. The van der Waals surface area contributed by atoms with Gasteiger partial charge in [-0.15, -0.1) is 0 Å². The molecule has 3 rings (SSSR count). The molecular formula is C16H29N3S. The van der Waals surface area contributed by atoms with Gasteiger partial charge in [-0.1, -0.05) is 38.5 Å². The summed E-state index contributed by atoms with van der Waals surface area (Å²) in [4.78, 5) is 7.57. The van der Waals surface area contributed by atoms with Gasteiger partial charge >= 0.3 is 0 Å². The summed E-state index contributed by atoms with van der Waals surface area (Å²) in [5.41, 5.74) is 0.375. The fraction of sp³-hybridized carbons (Fsp3) is 0.938. The Bertz CT molecular complexity index is 371. The minimum atomic E-state index is 0.375. The van der Waals surface area contributed by atoms with Crippen LogP contribution in [0.2, 0.25) is 0 Å². The molecule has 1 N–H and O–H groups in total. The lowest BCUT2D eigenvalue weighted by molar-refractivity contribution is 0.219. The van der Waals surface area contributed by atoms with Crippen molar-refractivity contribution in [2.24, 2.45) is 10.9 Å². The maximum Gasteiger partial charge on any atom is 0.157 e. The number of likely N-dealkylation sites (tertiary alicyclic amines) is 1. The van der Waals surface area contributed by atoms with E-state index in [0.29, 0.717) is 11.6 Å². The van der Waals surface area contributed by atoms with Crippen LogP contribution in [0.25, 0.3) is 0 Å². The molecule has 0 aromatic carbocycles. The average Bonchev–Trinajstić information content (AvgIpc) is 2.81. The van der Waals surface area contributed by atoms with Gasteiger partial charge in [0.05, 0.1) is 6.04 Å². The first-order valence-electron chi connectivity index (χ1n) is 8.40. The summed E-state index contributed by atoms with van der Waals surface area (Å²) in [7, 11) is 0. The molecule has 2 heterocycles. The van der Waals surface area contributed by atoms with Crippen molar-refractivity contribution in [2.75, 3.05) is 25.4 Å². The second-order valence-corrected chi connectivity index (χ2v) is 7.98. The third-order valence-electron chi connectivity index (χ3n) is 5.18. The van der Waals surface area contributed by atoms with E-state index in [1.807, 2.05) is 11.8 Å². The van der Waals surface area contributed by atoms with E-state index < -0.39 is 0 Å². The van der Waals surface area contributed by atoms with Crippen molar-refractivity contribution in [1.29, 1.82) is 0 Å². The summed E-state index contributed by atoms with van der Waals surface area (Å²) in [6.07, 6.45) is 8.05. The number of hydrogen-bond acceptors (Lipinski definition) is 3. The van der Waals surface area contributed by atoms with Crippen LogP contribution in [-0.2, 0) is 0 Å². The summed E-state index contributed by atoms with van der Waals surface area (Å²) in [6.45, 7) is 8.26. The Labute approximate surface area is 128 Å². The molecular weight excluding hydrogens is 266 g/mol. The highest BCUT2D eigenvalue weighted by molar-refractivity contribution is 8.14. The molecule has 0 aromatic heterocycles. The van der Waals surface area contributed by atoms with Crippen molar-refractivity contribution in [1.82, 2.24) is 10.2 Å². The lowest BCUT2D eigenvalue weighted by atomic mass is 9.78. The number of amidine groups is 1. The molecule has 20 heavy (non-hydrogen) atoms. The highest BCUT2D eigenvalue weighted by atomic mass is 32.2. The zero-order valence-corrected chi connectivity index (χ0v) is 13.8. The molecule has 0 bridgehead atoms. The number of nitrogens with one attached hydrogen (secondary N) is 1. The topological polar surface area (TPSA) is 27.6 Å². The fourth-order valence-corrected chi connectivity index (χ4v) is 5.33. The maximum atomic E-state index is 5.03. The Morgan fingerprint density at radius 2 is 2.30 bits per heavy atom. The third kappa shape index (κ3) is 3.33. The quantitative estimate of drug-likeness (QED) is 0.848. The molecule has 1 aliphatic carbocycles. The van der Waals surface area contributed by atoms with Crippen molar-refractivity contribution in [3.63, 3.8) is 0 Å². The maximum absolute atomic E-state index is 5.03. The van der Waals surface area contributed by atoms with Gasteiger partial charge < -0.3 is 10.2 Å². The Balaban J connectivity index is 1.60. The smallest absolute Gasteiger partial charge is 0.157 e. The standard InChI is InChI=1S/C16H29N3S/c1-3-19-9-5-7-14(11-19)17-15-18-16(12-20-15)8-4-6-13(2)10-16/h13-14H,3-12H2,1-2H3,(H,17,18). The van der Waals surface area contributed by atoms with Crippen LogP contribution in [-0.4, -0.2) is 47.0 Å². The third-order valence-corrected chi connectivity index (χ3v) is 6.35. The highest BCUT2D eigenvalue weighted by Crippen LogP contribution is 2.38. The summed E-state index contributed by atoms with van der Waals surface area (Å²) in [5, 5.41) is 5.05. The zero-order valence-electron chi connectivity index (χ0n) is 13.0. The number of nitrogens with zero attached hydrogens (tertiary/aromatic N) is 2. The van der Waals surface area contributed by atoms with Crippen molar-refractivity contribution in [2.45, 2.75) is 64.0 Å². The number of rotatable bonds is 2. The first-order chi connectivity index (χ1) is 9.69. The molecule has 0 amide bonds. The van der Waals surface area contributed by atoms with Gasteiger partial charge in [-0.2, -0.15) is 0 Å². The van der Waals surface area contributed by atoms with Gasteiger partial charge in [0.15, 0.2) is 5.17 Å². The van der Waals surface area contributed by atoms with Crippen LogP contribution in [0.5, 0.6) is 0 Å². The van der Waals surface area contributed by atoms with Crippen molar-refractivity contribution in [3.05, 3.63) is 0 Å². The predicted molar refractivity (Wildman–Crippen MR) is 88.5 cm³/mol. The largest absolute Gasteiger partial charge is 0.359 e. The van der Waals surface area contributed by atoms with E-state index in [0.717, 1.165) is 12.5 Å². The Morgan fingerprint density at radius 1 is 1.40 bits per heavy atom. The first kappa shape index (κ1) is 14.7. The Morgan fingerprint density at radius 3 is 3.10 bits per heavy atom. The van der Waals surface area contributed by atoms with Crippen LogP contribution >= 0.6 is 11.8 Å². The van der Waals surface area contributed by atoms with Gasteiger partial charge in [0.1, 0.15) is 0 Å². The molecule has 114 valence electrons. The molecule has 3 atom stereocenters. The number of piperidine rings is 1. The Kier molecular flexibility index (Phi) is 4.61. The van der Waals surface area contributed by atoms with Gasteiger partial charge in [0.2, 0.25) is 0 Å². The second-order valence-electron chi connectivity index (χ2n) is 7.02. The number of thioether (sulfide) groups is 1. The van der Waals surface area contributed by atoms with Crippen molar-refractivity contribution in [3.8, 4) is 0 Å². The SMILES string of the molecule is CCN1CCCC(N=C2NC3(CCCC(C)C3)CS2)C1. The van der Waals surface area contributed by atoms with Crippen LogP contribution in [0.3, 0.4) is 0 Å². The molecule has 3 nitrogen and oxygen atoms in total. The van der Waals surface area contributed by atoms with Crippen LogP contribution in [0.4, 0.5) is 0 Å². The fourth-order valence-electron chi connectivity index (χ4n) is 4.07. The lowest BCUT2D eigenvalue weighted by Gasteiger charge is -2.36. The number of hydrogen-bond donors (Lipinski definition) is 1. The summed E-state index contributed by atoms with van der Waals surface area (Å²) < 4.78 is 0. The van der Waals surface area contributed by atoms with Gasteiger partial charge in [-0.3, -0.25) is 4.99 Å². The van der Waals surface area contributed by atoms with Crippen LogP contribution in [0.15, 0.2) is 4.99 Å². The zero-order chi connectivity index (χ0) is 14.0. The number of likely N-dealkylation sites (N-methyl/N-ethyl adjacent to an activating group) is 1.